The second-order valence-electron chi connectivity index (χ2n) is 6.89. The Bertz CT molecular complexity index is 1390. The molecule has 2 N–H and O–H groups in total. The zero-order valence-electron chi connectivity index (χ0n) is 16.3. The van der Waals surface area contributed by atoms with Gasteiger partial charge >= 0.3 is 0 Å². The van der Waals surface area contributed by atoms with Gasteiger partial charge in [-0.2, -0.15) is 0 Å². The van der Waals surface area contributed by atoms with Crippen molar-refractivity contribution in [3.8, 4) is 5.69 Å². The molecule has 30 heavy (non-hydrogen) atoms. The zero-order chi connectivity index (χ0) is 20.5. The average molecular weight is 397 g/mol. The van der Waals surface area contributed by atoms with Crippen molar-refractivity contribution in [1.82, 2.24) is 29.5 Å². The number of fused-ring (bicyclic) bond motifs is 2. The van der Waals surface area contributed by atoms with E-state index in [0.29, 0.717) is 40.1 Å². The number of aromatic amines is 1. The van der Waals surface area contributed by atoms with Crippen molar-refractivity contribution in [2.24, 2.45) is 0 Å². The van der Waals surface area contributed by atoms with Crippen LogP contribution in [-0.4, -0.2) is 29.5 Å². The Morgan fingerprint density at radius 3 is 2.67 bits per heavy atom. The molecule has 0 spiro atoms. The summed E-state index contributed by atoms with van der Waals surface area (Å²) in [5.74, 6) is 1.24. The molecule has 148 valence electrons. The molecule has 0 aliphatic carbocycles. The monoisotopic (exact) mass is 397 g/mol. The van der Waals surface area contributed by atoms with E-state index in [4.69, 9.17) is 4.98 Å². The first kappa shape index (κ1) is 18.0. The normalized spacial score (nSPS) is 12.3. The lowest BCUT2D eigenvalue weighted by molar-refractivity contribution is 0.659. The van der Waals surface area contributed by atoms with Crippen LogP contribution in [0.5, 0.6) is 0 Å². The van der Waals surface area contributed by atoms with E-state index >= 15 is 0 Å². The molecular weight excluding hydrogens is 378 g/mol. The lowest BCUT2D eigenvalue weighted by Gasteiger charge is -2.22. The van der Waals surface area contributed by atoms with E-state index in [2.05, 4.69) is 25.3 Å². The second-order valence-corrected chi connectivity index (χ2v) is 6.89. The molecule has 0 saturated heterocycles. The van der Waals surface area contributed by atoms with Gasteiger partial charge in [-0.15, -0.1) is 0 Å². The fourth-order valence-electron chi connectivity index (χ4n) is 3.60. The highest BCUT2D eigenvalue weighted by Gasteiger charge is 2.21. The number of rotatable bonds is 5. The molecule has 0 amide bonds. The van der Waals surface area contributed by atoms with Crippen molar-refractivity contribution >= 4 is 27.9 Å². The van der Waals surface area contributed by atoms with E-state index in [1.165, 1.54) is 6.33 Å². The van der Waals surface area contributed by atoms with Crippen LogP contribution in [0.3, 0.4) is 0 Å². The van der Waals surface area contributed by atoms with Crippen LogP contribution in [-0.2, 0) is 0 Å². The van der Waals surface area contributed by atoms with Gasteiger partial charge in [-0.25, -0.2) is 19.9 Å². The van der Waals surface area contributed by atoms with Gasteiger partial charge in [0.1, 0.15) is 17.7 Å². The van der Waals surface area contributed by atoms with Crippen molar-refractivity contribution in [3.63, 3.8) is 0 Å². The summed E-state index contributed by atoms with van der Waals surface area (Å²) in [6, 6.07) is 16.7. The quantitative estimate of drug-likeness (QED) is 0.470. The Morgan fingerprint density at radius 1 is 1.03 bits per heavy atom. The van der Waals surface area contributed by atoms with Crippen LogP contribution in [0.25, 0.3) is 27.8 Å². The molecule has 3 heterocycles. The zero-order valence-corrected chi connectivity index (χ0v) is 16.3. The molecule has 0 radical (unpaired) electrons. The highest BCUT2D eigenvalue weighted by molar-refractivity contribution is 5.82. The molecule has 0 bridgehead atoms. The summed E-state index contributed by atoms with van der Waals surface area (Å²) in [6.45, 7) is 2.04. The molecule has 5 rings (SSSR count). The molecule has 0 saturated carbocycles. The molecular formula is C22H19N7O. The standard InChI is InChI=1S/C22H19N7O/c1-2-16(27-20-18-19(24-12-23-18)25-13-26-20)21-28-17-11-7-6-10-15(17)22(30)29(21)14-8-4-3-5-9-14/h3-13,16H,2H2,1H3,(H2,23,24,25,26,27)/t16-/m0/s1. The summed E-state index contributed by atoms with van der Waals surface area (Å²) in [4.78, 5) is 34.1. The average Bonchev–Trinajstić information content (AvgIpc) is 3.28. The predicted molar refractivity (Wildman–Crippen MR) is 116 cm³/mol. The predicted octanol–water partition coefficient (Wildman–Crippen LogP) is 3.62. The molecule has 3 aromatic heterocycles. The number of nitrogens with zero attached hydrogens (tertiary/aromatic N) is 5. The minimum atomic E-state index is -0.260. The molecule has 0 aliphatic heterocycles. The molecule has 2 aromatic carbocycles. The molecule has 1 atom stereocenters. The first-order valence-electron chi connectivity index (χ1n) is 9.74. The van der Waals surface area contributed by atoms with Crippen LogP contribution in [0.4, 0.5) is 5.82 Å². The van der Waals surface area contributed by atoms with Crippen molar-refractivity contribution in [1.29, 1.82) is 0 Å². The van der Waals surface area contributed by atoms with E-state index in [-0.39, 0.29) is 11.6 Å². The minimum absolute atomic E-state index is 0.101. The van der Waals surface area contributed by atoms with Crippen LogP contribution < -0.4 is 10.9 Å². The Balaban J connectivity index is 1.71. The fraction of sp³-hybridized carbons (Fsp3) is 0.136. The van der Waals surface area contributed by atoms with Gasteiger partial charge in [-0.1, -0.05) is 37.3 Å². The van der Waals surface area contributed by atoms with Crippen molar-refractivity contribution < 1.29 is 0 Å². The number of benzene rings is 2. The first-order chi connectivity index (χ1) is 14.8. The van der Waals surface area contributed by atoms with Gasteiger partial charge < -0.3 is 10.3 Å². The molecule has 0 aliphatic rings. The van der Waals surface area contributed by atoms with Crippen molar-refractivity contribution in [2.45, 2.75) is 19.4 Å². The van der Waals surface area contributed by atoms with E-state index in [1.807, 2.05) is 55.5 Å². The molecule has 0 fully saturated rings. The van der Waals surface area contributed by atoms with Crippen LogP contribution in [0.1, 0.15) is 25.2 Å². The third kappa shape index (κ3) is 2.98. The smallest absolute Gasteiger partial charge is 0.266 e. The van der Waals surface area contributed by atoms with Crippen LogP contribution in [0, 0.1) is 0 Å². The number of hydrogen-bond donors (Lipinski definition) is 2. The van der Waals surface area contributed by atoms with Crippen molar-refractivity contribution in [2.75, 3.05) is 5.32 Å². The Kier molecular flexibility index (Phi) is 4.44. The van der Waals surface area contributed by atoms with Gasteiger partial charge in [0.05, 0.1) is 29.0 Å². The summed E-state index contributed by atoms with van der Waals surface area (Å²) in [6.07, 6.45) is 3.74. The topological polar surface area (TPSA) is 101 Å². The van der Waals surface area contributed by atoms with Gasteiger partial charge in [0.25, 0.3) is 5.56 Å². The number of anilines is 1. The van der Waals surface area contributed by atoms with E-state index in [1.54, 1.807) is 17.0 Å². The van der Waals surface area contributed by atoms with Crippen molar-refractivity contribution in [3.05, 3.63) is 83.4 Å². The number of imidazole rings is 1. The highest BCUT2D eigenvalue weighted by atomic mass is 16.1. The molecule has 8 nitrogen and oxygen atoms in total. The lowest BCUT2D eigenvalue weighted by atomic mass is 10.1. The molecule has 5 aromatic rings. The number of aromatic nitrogens is 6. The van der Waals surface area contributed by atoms with Crippen LogP contribution in [0.15, 0.2) is 72.0 Å². The summed E-state index contributed by atoms with van der Waals surface area (Å²) in [5, 5.41) is 4.01. The maximum atomic E-state index is 13.4. The largest absolute Gasteiger partial charge is 0.358 e. The van der Waals surface area contributed by atoms with Gasteiger partial charge in [0.2, 0.25) is 0 Å². The maximum absolute atomic E-state index is 13.4. The van der Waals surface area contributed by atoms with Crippen LogP contribution in [0.2, 0.25) is 0 Å². The maximum Gasteiger partial charge on any atom is 0.266 e. The summed E-state index contributed by atoms with van der Waals surface area (Å²) >= 11 is 0. The summed E-state index contributed by atoms with van der Waals surface area (Å²) in [7, 11) is 0. The Hall–Kier alpha value is -4.07. The minimum Gasteiger partial charge on any atom is -0.358 e. The Morgan fingerprint density at radius 2 is 1.83 bits per heavy atom. The van der Waals surface area contributed by atoms with E-state index < -0.39 is 0 Å². The van der Waals surface area contributed by atoms with Gasteiger partial charge in [-0.3, -0.25) is 9.36 Å². The van der Waals surface area contributed by atoms with Gasteiger partial charge in [0, 0.05) is 0 Å². The number of hydrogen-bond acceptors (Lipinski definition) is 6. The number of para-hydroxylation sites is 2. The number of nitrogens with one attached hydrogen (secondary N) is 2. The SMILES string of the molecule is CC[C@H](Nc1ncnc2nc[nH]c12)c1nc2ccccc2c(=O)n1-c1ccccc1. The summed E-state index contributed by atoms with van der Waals surface area (Å²) in [5.41, 5.74) is 2.63. The summed E-state index contributed by atoms with van der Waals surface area (Å²) < 4.78 is 1.68. The highest BCUT2D eigenvalue weighted by Crippen LogP contribution is 2.25. The third-order valence-electron chi connectivity index (χ3n) is 5.07. The first-order valence-corrected chi connectivity index (χ1v) is 9.74. The third-order valence-corrected chi connectivity index (χ3v) is 5.07. The van der Waals surface area contributed by atoms with Gasteiger partial charge in [0.15, 0.2) is 11.5 Å². The lowest BCUT2D eigenvalue weighted by Crippen LogP contribution is -2.28. The van der Waals surface area contributed by atoms with Crippen LogP contribution >= 0.6 is 0 Å². The molecule has 8 heteroatoms. The van der Waals surface area contributed by atoms with E-state index in [9.17, 15) is 4.79 Å². The molecule has 0 unspecified atom stereocenters. The van der Waals surface area contributed by atoms with Gasteiger partial charge in [-0.05, 0) is 30.7 Å². The Labute approximate surface area is 171 Å². The van der Waals surface area contributed by atoms with E-state index in [0.717, 1.165) is 5.69 Å². The second kappa shape index (κ2) is 7.40. The fourth-order valence-corrected chi connectivity index (χ4v) is 3.60. The number of H-pyrrole nitrogens is 1.